The van der Waals surface area contributed by atoms with Gasteiger partial charge < -0.3 is 5.11 Å². The lowest BCUT2D eigenvalue weighted by molar-refractivity contribution is -0.289. The second kappa shape index (κ2) is 5.45. The van der Waals surface area contributed by atoms with Gasteiger partial charge in [0.25, 0.3) is 0 Å². The Kier molecular flexibility index (Phi) is 4.52. The van der Waals surface area contributed by atoms with Gasteiger partial charge in [-0.3, -0.25) is 0 Å². The number of halogens is 6. The second-order valence-electron chi connectivity index (χ2n) is 4.44. The van der Waals surface area contributed by atoms with Crippen LogP contribution < -0.4 is 0 Å². The summed E-state index contributed by atoms with van der Waals surface area (Å²) >= 11 is 0. The predicted molar refractivity (Wildman–Crippen MR) is 61.9 cm³/mol. The summed E-state index contributed by atoms with van der Waals surface area (Å²) in [6.07, 6.45) is -5.48. The molecule has 0 fully saturated rings. The Balaban J connectivity index is 3.62. The zero-order valence-electron chi connectivity index (χ0n) is 10.7. The van der Waals surface area contributed by atoms with Crippen LogP contribution in [0, 0.1) is 5.82 Å². The Hall–Kier alpha value is -1.78. The SMILES string of the molecule is CS(=O)(=O)Cc1cc(C(=O)O)c(C(F)(F)C(F)(F)F)cc1F. The number of carbonyl (C=O) groups is 1. The van der Waals surface area contributed by atoms with Crippen LogP contribution in [-0.2, 0) is 21.5 Å². The number of benzene rings is 1. The van der Waals surface area contributed by atoms with E-state index in [4.69, 9.17) is 5.11 Å². The molecule has 1 aromatic rings. The van der Waals surface area contributed by atoms with Crippen molar-refractivity contribution in [2.45, 2.75) is 17.9 Å². The molecule has 1 N–H and O–H groups in total. The number of rotatable bonds is 4. The summed E-state index contributed by atoms with van der Waals surface area (Å²) in [4.78, 5) is 10.9. The molecule has 0 unspecified atom stereocenters. The average Bonchev–Trinajstić information content (AvgIpc) is 2.27. The van der Waals surface area contributed by atoms with Gasteiger partial charge >= 0.3 is 18.1 Å². The molecule has 1 rings (SSSR count). The minimum absolute atomic E-state index is 0.160. The van der Waals surface area contributed by atoms with Gasteiger partial charge in [-0.2, -0.15) is 22.0 Å². The first kappa shape index (κ1) is 18.3. The zero-order chi connectivity index (χ0) is 17.5. The van der Waals surface area contributed by atoms with E-state index in [0.717, 1.165) is 0 Å². The lowest BCUT2D eigenvalue weighted by Gasteiger charge is -2.22. The van der Waals surface area contributed by atoms with Crippen LogP contribution in [0.25, 0.3) is 0 Å². The van der Waals surface area contributed by atoms with E-state index in [2.05, 4.69) is 0 Å². The molecule has 4 nitrogen and oxygen atoms in total. The fourth-order valence-electron chi connectivity index (χ4n) is 1.60. The highest BCUT2D eigenvalue weighted by atomic mass is 32.2. The Morgan fingerprint density at radius 1 is 1.18 bits per heavy atom. The van der Waals surface area contributed by atoms with Crippen LogP contribution in [-0.4, -0.2) is 31.9 Å². The molecule has 1 aromatic carbocycles. The maximum atomic E-state index is 13.6. The van der Waals surface area contributed by atoms with Crippen LogP contribution in [0.15, 0.2) is 12.1 Å². The first-order chi connectivity index (χ1) is 9.67. The molecule has 0 saturated heterocycles. The largest absolute Gasteiger partial charge is 0.478 e. The van der Waals surface area contributed by atoms with Crippen molar-refractivity contribution in [3.05, 3.63) is 34.6 Å². The molecule has 11 heteroatoms. The second-order valence-corrected chi connectivity index (χ2v) is 6.58. The molecular formula is C11H8F6O4S. The standard InChI is InChI=1S/C11H8F6O4S/c1-22(20,21)4-5-2-6(9(18)19)7(3-8(5)12)10(13,14)11(15,16)17/h2-3H,4H2,1H3,(H,18,19). The first-order valence-electron chi connectivity index (χ1n) is 5.35. The molecule has 124 valence electrons. The lowest BCUT2D eigenvalue weighted by Crippen LogP contribution is -2.35. The monoisotopic (exact) mass is 350 g/mol. The van der Waals surface area contributed by atoms with Crippen molar-refractivity contribution in [3.8, 4) is 0 Å². The van der Waals surface area contributed by atoms with Gasteiger partial charge in [0.15, 0.2) is 9.84 Å². The molecule has 22 heavy (non-hydrogen) atoms. The van der Waals surface area contributed by atoms with Gasteiger partial charge in [-0.05, 0) is 12.1 Å². The highest BCUT2D eigenvalue weighted by Gasteiger charge is 2.60. The Morgan fingerprint density at radius 3 is 2.05 bits per heavy atom. The molecule has 0 saturated carbocycles. The summed E-state index contributed by atoms with van der Waals surface area (Å²) in [5, 5.41) is 8.74. The van der Waals surface area contributed by atoms with Gasteiger partial charge in [-0.15, -0.1) is 0 Å². The number of hydrogen-bond donors (Lipinski definition) is 1. The minimum Gasteiger partial charge on any atom is -0.478 e. The van der Waals surface area contributed by atoms with E-state index < -0.39 is 56.2 Å². The maximum absolute atomic E-state index is 13.6. The zero-order valence-corrected chi connectivity index (χ0v) is 11.5. The fraction of sp³-hybridized carbons (Fsp3) is 0.364. The van der Waals surface area contributed by atoms with Crippen LogP contribution in [0.2, 0.25) is 0 Å². The first-order valence-corrected chi connectivity index (χ1v) is 7.41. The predicted octanol–water partition coefficient (Wildman–Crippen LogP) is 2.72. The van der Waals surface area contributed by atoms with Gasteiger partial charge in [0, 0.05) is 17.4 Å². The number of carboxylic acid groups (broad SMARTS) is 1. The van der Waals surface area contributed by atoms with Gasteiger partial charge in [-0.1, -0.05) is 0 Å². The van der Waals surface area contributed by atoms with Gasteiger partial charge in [0.05, 0.1) is 11.3 Å². The van der Waals surface area contributed by atoms with Crippen LogP contribution in [0.4, 0.5) is 26.3 Å². The lowest BCUT2D eigenvalue weighted by atomic mass is 9.98. The third kappa shape index (κ3) is 3.70. The van der Waals surface area contributed by atoms with Crippen molar-refractivity contribution in [2.24, 2.45) is 0 Å². The van der Waals surface area contributed by atoms with Crippen molar-refractivity contribution < 1.29 is 44.7 Å². The third-order valence-corrected chi connectivity index (χ3v) is 3.36. The van der Waals surface area contributed by atoms with Crippen molar-refractivity contribution in [2.75, 3.05) is 6.26 Å². The van der Waals surface area contributed by atoms with E-state index in [1.54, 1.807) is 0 Å². The Labute approximate surface area is 120 Å². The number of hydrogen-bond acceptors (Lipinski definition) is 3. The maximum Gasteiger partial charge on any atom is 0.458 e. The van der Waals surface area contributed by atoms with E-state index in [9.17, 15) is 39.6 Å². The molecule has 0 atom stereocenters. The summed E-state index contributed by atoms with van der Waals surface area (Å²) in [6, 6.07) is -0.148. The topological polar surface area (TPSA) is 71.4 Å². The Morgan fingerprint density at radius 2 is 1.68 bits per heavy atom. The van der Waals surface area contributed by atoms with Crippen LogP contribution in [0.3, 0.4) is 0 Å². The average molecular weight is 350 g/mol. The summed E-state index contributed by atoms with van der Waals surface area (Å²) in [7, 11) is -3.86. The van der Waals surface area contributed by atoms with Crippen molar-refractivity contribution in [1.29, 1.82) is 0 Å². The highest BCUT2D eigenvalue weighted by molar-refractivity contribution is 7.89. The quantitative estimate of drug-likeness (QED) is 0.848. The summed E-state index contributed by atoms with van der Waals surface area (Å²) in [5.74, 6) is -10.5. The van der Waals surface area contributed by atoms with Crippen molar-refractivity contribution in [1.82, 2.24) is 0 Å². The smallest absolute Gasteiger partial charge is 0.458 e. The molecule has 0 amide bonds. The third-order valence-electron chi connectivity index (χ3n) is 2.53. The molecule has 0 bridgehead atoms. The van der Waals surface area contributed by atoms with Crippen LogP contribution in [0.1, 0.15) is 21.5 Å². The van der Waals surface area contributed by atoms with Gasteiger partial charge in [0.2, 0.25) is 0 Å². The van der Waals surface area contributed by atoms with Crippen LogP contribution >= 0.6 is 0 Å². The molecule has 0 aliphatic carbocycles. The minimum atomic E-state index is -6.14. The molecular weight excluding hydrogens is 342 g/mol. The molecule has 0 spiro atoms. The number of carboxylic acids is 1. The number of sulfone groups is 1. The van der Waals surface area contributed by atoms with Gasteiger partial charge in [0.1, 0.15) is 5.82 Å². The highest BCUT2D eigenvalue weighted by Crippen LogP contribution is 2.45. The van der Waals surface area contributed by atoms with Crippen molar-refractivity contribution in [3.63, 3.8) is 0 Å². The number of alkyl halides is 5. The van der Waals surface area contributed by atoms with E-state index in [1.807, 2.05) is 0 Å². The molecule has 0 aliphatic rings. The fourth-order valence-corrected chi connectivity index (χ4v) is 2.39. The summed E-state index contributed by atoms with van der Waals surface area (Å²) in [6.45, 7) is 0. The summed E-state index contributed by atoms with van der Waals surface area (Å²) < 4.78 is 99.1. The molecule has 0 aromatic heterocycles. The van der Waals surface area contributed by atoms with Crippen LogP contribution in [0.5, 0.6) is 0 Å². The van der Waals surface area contributed by atoms with Gasteiger partial charge in [-0.25, -0.2) is 17.6 Å². The van der Waals surface area contributed by atoms with E-state index in [1.165, 1.54) is 0 Å². The van der Waals surface area contributed by atoms with E-state index in [0.29, 0.717) is 6.26 Å². The molecule has 0 aliphatic heterocycles. The van der Waals surface area contributed by atoms with E-state index >= 15 is 0 Å². The summed E-state index contributed by atoms with van der Waals surface area (Å²) in [5.41, 5.74) is -4.44. The normalized spacial score (nSPS) is 13.2. The van der Waals surface area contributed by atoms with E-state index in [-0.39, 0.29) is 12.1 Å². The molecule has 0 heterocycles. The Bertz CT molecular complexity index is 708. The van der Waals surface area contributed by atoms with Crippen molar-refractivity contribution >= 4 is 15.8 Å². The number of aromatic carboxylic acids is 1. The molecule has 0 radical (unpaired) electrons.